The highest BCUT2D eigenvalue weighted by molar-refractivity contribution is 5.98. The van der Waals surface area contributed by atoms with E-state index < -0.39 is 29.9 Å². The van der Waals surface area contributed by atoms with Gasteiger partial charge in [0.25, 0.3) is 5.91 Å². The fourth-order valence-corrected chi connectivity index (χ4v) is 3.35. The van der Waals surface area contributed by atoms with E-state index in [1.54, 1.807) is 24.3 Å². The molecule has 0 radical (unpaired) electrons. The molecule has 1 aliphatic heterocycles. The number of carbonyl (C=O) groups is 3. The normalized spacial score (nSPS) is 18.6. The number of likely N-dealkylation sites (tertiary alicyclic amines) is 1. The number of hydrogen-bond donors (Lipinski definition) is 4. The van der Waals surface area contributed by atoms with E-state index in [2.05, 4.69) is 5.32 Å². The Morgan fingerprint density at radius 2 is 1.96 bits per heavy atom. The van der Waals surface area contributed by atoms with Crippen molar-refractivity contribution in [2.45, 2.75) is 51.2 Å². The van der Waals surface area contributed by atoms with Gasteiger partial charge < -0.3 is 15.3 Å². The molecule has 1 saturated heterocycles. The summed E-state index contributed by atoms with van der Waals surface area (Å²) in [5.74, 6) is -2.75. The van der Waals surface area contributed by atoms with Crippen LogP contribution in [0.1, 0.15) is 39.0 Å². The smallest absolute Gasteiger partial charge is 0.272 e. The summed E-state index contributed by atoms with van der Waals surface area (Å²) in [7, 11) is 0. The van der Waals surface area contributed by atoms with E-state index in [9.17, 15) is 19.5 Å². The summed E-state index contributed by atoms with van der Waals surface area (Å²) in [4.78, 5) is 38.7. The summed E-state index contributed by atoms with van der Waals surface area (Å²) >= 11 is 0. The van der Waals surface area contributed by atoms with Gasteiger partial charge in [-0.15, -0.1) is 0 Å². The molecule has 1 heterocycles. The zero-order chi connectivity index (χ0) is 19.8. The molecule has 0 unspecified atom stereocenters. The van der Waals surface area contributed by atoms with Gasteiger partial charge in [0.05, 0.1) is 5.92 Å². The minimum absolute atomic E-state index is 0.289. The van der Waals surface area contributed by atoms with E-state index in [0.717, 1.165) is 6.42 Å². The lowest BCUT2D eigenvalue weighted by Gasteiger charge is -2.30. The molecule has 3 amide bonds. The molecule has 27 heavy (non-hydrogen) atoms. The first-order valence-electron chi connectivity index (χ1n) is 9.28. The van der Waals surface area contributed by atoms with Crippen LogP contribution in [0.25, 0.3) is 0 Å². The average molecular weight is 377 g/mol. The van der Waals surface area contributed by atoms with Crippen molar-refractivity contribution in [2.75, 3.05) is 11.9 Å². The highest BCUT2D eigenvalue weighted by Crippen LogP contribution is 2.25. The summed E-state index contributed by atoms with van der Waals surface area (Å²) in [5.41, 5.74) is 2.04. The Bertz CT molecular complexity index is 652. The van der Waals surface area contributed by atoms with Crippen LogP contribution in [0, 0.1) is 5.92 Å². The SMILES string of the molecule is CCCC[C@@H](C(=O)N1CCC[C@H]1C(=O)Nc1ccccc1)[C@H](O)C(=O)NO. The Hall–Kier alpha value is -2.45. The lowest BCUT2D eigenvalue weighted by atomic mass is 9.93. The fourth-order valence-electron chi connectivity index (χ4n) is 3.35. The quantitative estimate of drug-likeness (QED) is 0.402. The number of aliphatic hydroxyl groups is 1. The molecule has 0 bridgehead atoms. The number of nitrogens with zero attached hydrogens (tertiary/aromatic N) is 1. The highest BCUT2D eigenvalue weighted by Gasteiger charge is 2.40. The van der Waals surface area contributed by atoms with Gasteiger partial charge in [-0.25, -0.2) is 5.48 Å². The van der Waals surface area contributed by atoms with Gasteiger partial charge in [-0.2, -0.15) is 0 Å². The topological polar surface area (TPSA) is 119 Å². The van der Waals surface area contributed by atoms with Gasteiger partial charge in [0.2, 0.25) is 11.8 Å². The van der Waals surface area contributed by atoms with Crippen LogP contribution in [0.2, 0.25) is 0 Å². The van der Waals surface area contributed by atoms with E-state index in [0.29, 0.717) is 37.9 Å². The minimum Gasteiger partial charge on any atom is -0.382 e. The van der Waals surface area contributed by atoms with Crippen molar-refractivity contribution in [3.63, 3.8) is 0 Å². The van der Waals surface area contributed by atoms with E-state index in [4.69, 9.17) is 5.21 Å². The molecule has 1 aromatic rings. The Morgan fingerprint density at radius 1 is 1.26 bits per heavy atom. The first kappa shape index (κ1) is 20.9. The number of hydroxylamine groups is 1. The summed E-state index contributed by atoms with van der Waals surface area (Å²) in [6, 6.07) is 8.32. The fraction of sp³-hybridized carbons (Fsp3) is 0.526. The van der Waals surface area contributed by atoms with Gasteiger partial charge in [-0.3, -0.25) is 19.6 Å². The van der Waals surface area contributed by atoms with Crippen LogP contribution >= 0.6 is 0 Å². The third-order valence-electron chi connectivity index (χ3n) is 4.83. The second kappa shape index (κ2) is 10.0. The van der Waals surface area contributed by atoms with Gasteiger partial charge in [0.15, 0.2) is 0 Å². The van der Waals surface area contributed by atoms with Crippen molar-refractivity contribution in [1.82, 2.24) is 10.4 Å². The average Bonchev–Trinajstić information content (AvgIpc) is 3.18. The zero-order valence-corrected chi connectivity index (χ0v) is 15.4. The van der Waals surface area contributed by atoms with Crippen LogP contribution in [0.4, 0.5) is 5.69 Å². The molecule has 8 heteroatoms. The molecule has 1 aliphatic rings. The highest BCUT2D eigenvalue weighted by atomic mass is 16.5. The number of rotatable bonds is 8. The van der Waals surface area contributed by atoms with Crippen LogP contribution in [0.3, 0.4) is 0 Å². The molecule has 2 rings (SSSR count). The van der Waals surface area contributed by atoms with Gasteiger partial charge in [0, 0.05) is 12.2 Å². The van der Waals surface area contributed by atoms with E-state index in [1.807, 2.05) is 13.0 Å². The van der Waals surface area contributed by atoms with Crippen molar-refractivity contribution in [3.8, 4) is 0 Å². The molecule has 8 nitrogen and oxygen atoms in total. The van der Waals surface area contributed by atoms with Gasteiger partial charge in [0.1, 0.15) is 12.1 Å². The maximum atomic E-state index is 13.0. The van der Waals surface area contributed by atoms with E-state index in [1.165, 1.54) is 10.4 Å². The summed E-state index contributed by atoms with van der Waals surface area (Å²) in [6.07, 6.45) is 1.26. The number of benzene rings is 1. The van der Waals surface area contributed by atoms with Crippen LogP contribution in [0.15, 0.2) is 30.3 Å². The largest absolute Gasteiger partial charge is 0.382 e. The minimum atomic E-state index is -1.66. The number of hydrogen-bond acceptors (Lipinski definition) is 5. The Kier molecular flexibility index (Phi) is 7.75. The lowest BCUT2D eigenvalue weighted by molar-refractivity contribution is -0.152. The number of para-hydroxylation sites is 1. The summed E-state index contributed by atoms with van der Waals surface area (Å²) in [6.45, 7) is 2.33. The van der Waals surface area contributed by atoms with Crippen molar-refractivity contribution < 1.29 is 24.7 Å². The molecule has 4 N–H and O–H groups in total. The molecule has 3 atom stereocenters. The molecule has 0 saturated carbocycles. The van der Waals surface area contributed by atoms with Crippen molar-refractivity contribution in [1.29, 1.82) is 0 Å². The Balaban J connectivity index is 2.12. The molecular weight excluding hydrogens is 350 g/mol. The summed E-state index contributed by atoms with van der Waals surface area (Å²) in [5, 5.41) is 21.8. The first-order valence-corrected chi connectivity index (χ1v) is 9.28. The summed E-state index contributed by atoms with van der Waals surface area (Å²) < 4.78 is 0. The van der Waals surface area contributed by atoms with E-state index in [-0.39, 0.29) is 5.91 Å². The van der Waals surface area contributed by atoms with Crippen LogP contribution in [0.5, 0.6) is 0 Å². The molecule has 0 spiro atoms. The Labute approximate surface area is 158 Å². The monoisotopic (exact) mass is 377 g/mol. The molecule has 0 aromatic heterocycles. The second-order valence-electron chi connectivity index (χ2n) is 6.71. The molecule has 0 aliphatic carbocycles. The number of amides is 3. The molecule has 1 aromatic carbocycles. The lowest BCUT2D eigenvalue weighted by Crippen LogP contribution is -2.50. The number of unbranched alkanes of at least 4 members (excludes halogenated alkanes) is 1. The predicted octanol–water partition coefficient (Wildman–Crippen LogP) is 1.29. The predicted molar refractivity (Wildman–Crippen MR) is 98.8 cm³/mol. The molecule has 148 valence electrons. The zero-order valence-electron chi connectivity index (χ0n) is 15.4. The van der Waals surface area contributed by atoms with Crippen LogP contribution < -0.4 is 10.8 Å². The number of nitrogens with one attached hydrogen (secondary N) is 2. The van der Waals surface area contributed by atoms with Crippen molar-refractivity contribution in [2.24, 2.45) is 5.92 Å². The van der Waals surface area contributed by atoms with Crippen molar-refractivity contribution in [3.05, 3.63) is 30.3 Å². The maximum Gasteiger partial charge on any atom is 0.272 e. The van der Waals surface area contributed by atoms with Crippen molar-refractivity contribution >= 4 is 23.4 Å². The van der Waals surface area contributed by atoms with Crippen LogP contribution in [-0.4, -0.2) is 51.6 Å². The number of aliphatic hydroxyl groups excluding tert-OH is 1. The molecule has 1 fully saturated rings. The third-order valence-corrected chi connectivity index (χ3v) is 4.83. The Morgan fingerprint density at radius 3 is 2.59 bits per heavy atom. The number of anilines is 1. The van der Waals surface area contributed by atoms with E-state index >= 15 is 0 Å². The maximum absolute atomic E-state index is 13.0. The van der Waals surface area contributed by atoms with Gasteiger partial charge >= 0.3 is 0 Å². The third kappa shape index (κ3) is 5.27. The van der Waals surface area contributed by atoms with Gasteiger partial charge in [-0.05, 0) is 31.4 Å². The first-order chi connectivity index (χ1) is 13.0. The van der Waals surface area contributed by atoms with Gasteiger partial charge in [-0.1, -0.05) is 38.0 Å². The standard InChI is InChI=1S/C19H27N3O5/c1-2-3-10-14(16(23)18(25)21-27)19(26)22-12-7-11-15(22)17(24)20-13-8-5-4-6-9-13/h4-6,8-9,14-16,23,27H,2-3,7,10-12H2,1H3,(H,20,24)(H,21,25)/t14-,15+,16+/m1/s1. The molecular formula is C19H27N3O5. The second-order valence-corrected chi connectivity index (χ2v) is 6.71. The number of carbonyl (C=O) groups excluding carboxylic acids is 3. The van der Waals surface area contributed by atoms with Crippen LogP contribution in [-0.2, 0) is 14.4 Å².